The number of nitrogens with zero attached hydrogens (tertiary/aromatic N) is 2. The molecule has 1 aliphatic carbocycles. The predicted molar refractivity (Wildman–Crippen MR) is 58.4 cm³/mol. The molecule has 0 aliphatic heterocycles. The number of aromatic nitrogens is 2. The largest absolute Gasteiger partial charge is 0.355 e. The first-order valence-corrected chi connectivity index (χ1v) is 5.48. The van der Waals surface area contributed by atoms with Crippen LogP contribution in [0.25, 0.3) is 0 Å². The van der Waals surface area contributed by atoms with Crippen LogP contribution in [0.5, 0.6) is 0 Å². The molecule has 0 bridgehead atoms. The highest BCUT2D eigenvalue weighted by Gasteiger charge is 2.32. The number of imidazole rings is 1. The summed E-state index contributed by atoms with van der Waals surface area (Å²) in [5.74, 6) is 2.81. The van der Waals surface area contributed by atoms with Crippen molar-refractivity contribution in [2.45, 2.75) is 33.7 Å². The summed E-state index contributed by atoms with van der Waals surface area (Å²) >= 11 is 0. The maximum atomic E-state index is 4.46. The summed E-state index contributed by atoms with van der Waals surface area (Å²) in [5.41, 5.74) is 1.10. The van der Waals surface area contributed by atoms with E-state index in [-0.39, 0.29) is 0 Å². The van der Waals surface area contributed by atoms with Gasteiger partial charge < -0.3 is 9.88 Å². The Balaban J connectivity index is 1.94. The molecule has 78 valence electrons. The zero-order valence-corrected chi connectivity index (χ0v) is 9.25. The average Bonchev–Trinajstić information content (AvgIpc) is 2.72. The Morgan fingerprint density at radius 2 is 2.36 bits per heavy atom. The van der Waals surface area contributed by atoms with Crippen LogP contribution in [0.2, 0.25) is 0 Å². The molecule has 2 atom stereocenters. The standard InChI is InChI=1S/C11H19N3/c1-4-14-7-9(3)13-11(14)12-6-10-5-8(10)2/h7-8,10H,4-6H2,1-3H3,(H,12,13). The van der Waals surface area contributed by atoms with E-state index in [1.165, 1.54) is 6.42 Å². The lowest BCUT2D eigenvalue weighted by atomic mass is 10.3. The summed E-state index contributed by atoms with van der Waals surface area (Å²) in [6.45, 7) is 8.56. The van der Waals surface area contributed by atoms with Crippen molar-refractivity contribution in [3.63, 3.8) is 0 Å². The van der Waals surface area contributed by atoms with Crippen molar-refractivity contribution in [3.05, 3.63) is 11.9 Å². The minimum atomic E-state index is 0.873. The van der Waals surface area contributed by atoms with E-state index >= 15 is 0 Å². The second-order valence-electron chi connectivity index (χ2n) is 4.35. The van der Waals surface area contributed by atoms with Crippen molar-refractivity contribution in [3.8, 4) is 0 Å². The number of hydrogen-bond acceptors (Lipinski definition) is 2. The van der Waals surface area contributed by atoms with Crippen LogP contribution in [0.1, 0.15) is 26.0 Å². The van der Waals surface area contributed by atoms with Gasteiger partial charge in [0.05, 0.1) is 5.69 Å². The highest BCUT2D eigenvalue weighted by molar-refractivity contribution is 5.29. The Labute approximate surface area is 85.5 Å². The summed E-state index contributed by atoms with van der Waals surface area (Å²) < 4.78 is 2.17. The van der Waals surface area contributed by atoms with Gasteiger partial charge in [-0.05, 0) is 32.1 Å². The summed E-state index contributed by atoms with van der Waals surface area (Å²) in [6, 6.07) is 0. The fourth-order valence-electron chi connectivity index (χ4n) is 1.83. The molecule has 1 aromatic rings. The summed E-state index contributed by atoms with van der Waals surface area (Å²) in [4.78, 5) is 4.46. The molecular formula is C11H19N3. The fourth-order valence-corrected chi connectivity index (χ4v) is 1.83. The van der Waals surface area contributed by atoms with Crippen molar-refractivity contribution < 1.29 is 0 Å². The van der Waals surface area contributed by atoms with Gasteiger partial charge in [0.2, 0.25) is 5.95 Å². The summed E-state index contributed by atoms with van der Waals surface area (Å²) in [6.07, 6.45) is 3.47. The molecule has 0 saturated heterocycles. The quantitative estimate of drug-likeness (QED) is 0.795. The average molecular weight is 193 g/mol. The van der Waals surface area contributed by atoms with Crippen LogP contribution in [-0.4, -0.2) is 16.1 Å². The van der Waals surface area contributed by atoms with Gasteiger partial charge in [0, 0.05) is 19.3 Å². The van der Waals surface area contributed by atoms with Crippen molar-refractivity contribution in [2.24, 2.45) is 11.8 Å². The zero-order chi connectivity index (χ0) is 10.1. The van der Waals surface area contributed by atoms with Gasteiger partial charge in [0.1, 0.15) is 0 Å². The topological polar surface area (TPSA) is 29.9 Å². The molecule has 2 rings (SSSR count). The molecule has 0 aromatic carbocycles. The molecule has 3 heteroatoms. The van der Waals surface area contributed by atoms with E-state index in [1.807, 2.05) is 6.92 Å². The van der Waals surface area contributed by atoms with Gasteiger partial charge in [0.15, 0.2) is 0 Å². The van der Waals surface area contributed by atoms with Crippen LogP contribution in [0, 0.1) is 18.8 Å². The molecule has 1 N–H and O–H groups in total. The molecule has 1 saturated carbocycles. The highest BCUT2D eigenvalue weighted by atomic mass is 15.2. The van der Waals surface area contributed by atoms with E-state index < -0.39 is 0 Å². The molecular weight excluding hydrogens is 174 g/mol. The third kappa shape index (κ3) is 1.91. The molecule has 0 spiro atoms. The second-order valence-corrected chi connectivity index (χ2v) is 4.35. The number of nitrogens with one attached hydrogen (secondary N) is 1. The number of hydrogen-bond donors (Lipinski definition) is 1. The van der Waals surface area contributed by atoms with Gasteiger partial charge in [0.25, 0.3) is 0 Å². The van der Waals surface area contributed by atoms with Crippen molar-refractivity contribution in [1.29, 1.82) is 0 Å². The molecule has 3 nitrogen and oxygen atoms in total. The molecule has 0 radical (unpaired) electrons. The minimum absolute atomic E-state index is 0.873. The van der Waals surface area contributed by atoms with Crippen molar-refractivity contribution in [1.82, 2.24) is 9.55 Å². The number of anilines is 1. The number of rotatable bonds is 4. The molecule has 1 fully saturated rings. The molecule has 1 aromatic heterocycles. The normalized spacial score (nSPS) is 25.1. The first kappa shape index (κ1) is 9.56. The smallest absolute Gasteiger partial charge is 0.203 e. The van der Waals surface area contributed by atoms with Crippen molar-refractivity contribution >= 4 is 5.95 Å². The van der Waals surface area contributed by atoms with Gasteiger partial charge in [-0.2, -0.15) is 0 Å². The van der Waals surface area contributed by atoms with Gasteiger partial charge in [-0.15, -0.1) is 0 Å². The van der Waals surface area contributed by atoms with Crippen LogP contribution >= 0.6 is 0 Å². The van der Waals surface area contributed by atoms with Gasteiger partial charge in [-0.3, -0.25) is 0 Å². The molecule has 2 unspecified atom stereocenters. The lowest BCUT2D eigenvalue weighted by Crippen LogP contribution is -2.09. The first-order valence-electron chi connectivity index (χ1n) is 5.48. The second kappa shape index (κ2) is 3.64. The van der Waals surface area contributed by atoms with Crippen LogP contribution in [0.4, 0.5) is 5.95 Å². The Kier molecular flexibility index (Phi) is 2.48. The van der Waals surface area contributed by atoms with Crippen LogP contribution in [0.3, 0.4) is 0 Å². The lowest BCUT2D eigenvalue weighted by molar-refractivity contribution is 0.737. The van der Waals surface area contributed by atoms with E-state index in [9.17, 15) is 0 Å². The Morgan fingerprint density at radius 3 is 2.93 bits per heavy atom. The molecule has 0 amide bonds. The van der Waals surface area contributed by atoms with E-state index in [0.29, 0.717) is 0 Å². The molecule has 1 heterocycles. The minimum Gasteiger partial charge on any atom is -0.355 e. The van der Waals surface area contributed by atoms with Crippen LogP contribution in [-0.2, 0) is 6.54 Å². The monoisotopic (exact) mass is 193 g/mol. The Bertz CT molecular complexity index is 316. The lowest BCUT2D eigenvalue weighted by Gasteiger charge is -2.06. The van der Waals surface area contributed by atoms with Crippen molar-refractivity contribution in [2.75, 3.05) is 11.9 Å². The first-order chi connectivity index (χ1) is 6.70. The predicted octanol–water partition coefficient (Wildman–Crippen LogP) is 2.28. The highest BCUT2D eigenvalue weighted by Crippen LogP contribution is 2.37. The summed E-state index contributed by atoms with van der Waals surface area (Å²) in [7, 11) is 0. The van der Waals surface area contributed by atoms with E-state index in [4.69, 9.17) is 0 Å². The molecule has 14 heavy (non-hydrogen) atoms. The SMILES string of the molecule is CCn1cc(C)nc1NCC1CC1C. The third-order valence-electron chi connectivity index (χ3n) is 3.04. The maximum absolute atomic E-state index is 4.46. The zero-order valence-electron chi connectivity index (χ0n) is 9.25. The van der Waals surface area contributed by atoms with E-state index in [0.717, 1.165) is 36.6 Å². The fraction of sp³-hybridized carbons (Fsp3) is 0.727. The van der Waals surface area contributed by atoms with E-state index in [1.54, 1.807) is 0 Å². The Hall–Kier alpha value is -0.990. The summed E-state index contributed by atoms with van der Waals surface area (Å²) in [5, 5.41) is 3.43. The van der Waals surface area contributed by atoms with E-state index in [2.05, 4.69) is 34.9 Å². The Morgan fingerprint density at radius 1 is 1.64 bits per heavy atom. The van der Waals surface area contributed by atoms with Gasteiger partial charge in [-0.1, -0.05) is 6.92 Å². The maximum Gasteiger partial charge on any atom is 0.203 e. The molecule has 1 aliphatic rings. The number of aryl methyl sites for hydroxylation is 2. The van der Waals surface area contributed by atoms with Crippen LogP contribution in [0.15, 0.2) is 6.20 Å². The van der Waals surface area contributed by atoms with Gasteiger partial charge in [-0.25, -0.2) is 4.98 Å². The van der Waals surface area contributed by atoms with Crippen LogP contribution < -0.4 is 5.32 Å². The van der Waals surface area contributed by atoms with Gasteiger partial charge >= 0.3 is 0 Å². The third-order valence-corrected chi connectivity index (χ3v) is 3.04.